The fourth-order valence-electron chi connectivity index (χ4n) is 3.43. The SMILES string of the molecule is Cc1ccc(C(=O)Nc2ccc(Cl)c(C3=Nc4ncc(CC(=O)OC(C)C)cc4C3)c2)o1. The Labute approximate surface area is 190 Å². The summed E-state index contributed by atoms with van der Waals surface area (Å²) in [7, 11) is 0. The van der Waals surface area contributed by atoms with Crippen molar-refractivity contribution in [2.45, 2.75) is 39.7 Å². The topological polar surface area (TPSA) is 93.8 Å². The molecule has 1 aliphatic rings. The third-order valence-corrected chi connectivity index (χ3v) is 5.14. The molecule has 1 aromatic carbocycles. The third kappa shape index (κ3) is 4.89. The van der Waals surface area contributed by atoms with Gasteiger partial charge >= 0.3 is 5.97 Å². The number of pyridine rings is 1. The maximum atomic E-state index is 12.4. The van der Waals surface area contributed by atoms with Gasteiger partial charge in [0.05, 0.1) is 18.2 Å². The van der Waals surface area contributed by atoms with E-state index in [0.717, 1.165) is 16.8 Å². The Bertz CT molecular complexity index is 1230. The van der Waals surface area contributed by atoms with Gasteiger partial charge in [-0.15, -0.1) is 0 Å². The summed E-state index contributed by atoms with van der Waals surface area (Å²) in [6, 6.07) is 10.5. The first-order valence-corrected chi connectivity index (χ1v) is 10.6. The Balaban J connectivity index is 1.50. The molecule has 0 aliphatic carbocycles. The van der Waals surface area contributed by atoms with Crippen LogP contribution in [0.1, 0.15) is 46.9 Å². The number of aryl methyl sites for hydroxylation is 1. The lowest BCUT2D eigenvalue weighted by Gasteiger charge is -2.09. The van der Waals surface area contributed by atoms with Gasteiger partial charge in [0.25, 0.3) is 5.91 Å². The zero-order chi connectivity index (χ0) is 22.8. The number of rotatable bonds is 6. The van der Waals surface area contributed by atoms with Gasteiger partial charge in [-0.3, -0.25) is 9.59 Å². The fraction of sp³-hybridized carbons (Fsp3) is 0.250. The van der Waals surface area contributed by atoms with Gasteiger partial charge in [0, 0.05) is 34.5 Å². The molecule has 8 heteroatoms. The van der Waals surface area contributed by atoms with Crippen LogP contribution < -0.4 is 5.32 Å². The van der Waals surface area contributed by atoms with Gasteiger partial charge in [-0.25, -0.2) is 9.98 Å². The molecule has 0 bridgehead atoms. The molecule has 2 aromatic heterocycles. The van der Waals surface area contributed by atoms with E-state index >= 15 is 0 Å². The van der Waals surface area contributed by atoms with E-state index in [1.807, 2.05) is 19.9 Å². The number of aliphatic imine (C=N–C) groups is 1. The van der Waals surface area contributed by atoms with Crippen LogP contribution in [0.2, 0.25) is 5.02 Å². The Morgan fingerprint density at radius 3 is 2.75 bits per heavy atom. The van der Waals surface area contributed by atoms with E-state index in [1.165, 1.54) is 0 Å². The molecule has 3 aromatic rings. The number of benzene rings is 1. The minimum atomic E-state index is -0.345. The predicted octanol–water partition coefficient (Wildman–Crippen LogP) is 5.06. The highest BCUT2D eigenvalue weighted by Crippen LogP contribution is 2.31. The number of hydrogen-bond donors (Lipinski definition) is 1. The number of esters is 1. The normalized spacial score (nSPS) is 12.5. The van der Waals surface area contributed by atoms with Gasteiger partial charge in [0.15, 0.2) is 11.6 Å². The molecule has 7 nitrogen and oxygen atoms in total. The molecule has 0 radical (unpaired) electrons. The number of ether oxygens (including phenoxy) is 1. The number of fused-ring (bicyclic) bond motifs is 1. The summed E-state index contributed by atoms with van der Waals surface area (Å²) >= 11 is 6.43. The summed E-state index contributed by atoms with van der Waals surface area (Å²) in [5, 5.41) is 3.33. The Hall–Kier alpha value is -3.45. The van der Waals surface area contributed by atoms with Crippen LogP contribution in [-0.2, 0) is 22.4 Å². The Kier molecular flexibility index (Phi) is 6.10. The maximum absolute atomic E-state index is 12.4. The number of anilines is 1. The van der Waals surface area contributed by atoms with E-state index in [2.05, 4.69) is 15.3 Å². The molecule has 0 spiro atoms. The maximum Gasteiger partial charge on any atom is 0.310 e. The highest BCUT2D eigenvalue weighted by molar-refractivity contribution is 6.34. The van der Waals surface area contributed by atoms with Crippen molar-refractivity contribution in [3.63, 3.8) is 0 Å². The highest BCUT2D eigenvalue weighted by Gasteiger charge is 2.21. The van der Waals surface area contributed by atoms with Crippen LogP contribution in [0.15, 0.2) is 52.0 Å². The van der Waals surface area contributed by atoms with Crippen LogP contribution >= 0.6 is 11.6 Å². The monoisotopic (exact) mass is 451 g/mol. The summed E-state index contributed by atoms with van der Waals surface area (Å²) in [5.74, 6) is 0.853. The molecular formula is C24H22ClN3O4. The molecule has 32 heavy (non-hydrogen) atoms. The van der Waals surface area contributed by atoms with Gasteiger partial charge in [-0.1, -0.05) is 11.6 Å². The van der Waals surface area contributed by atoms with Crippen LogP contribution in [0.5, 0.6) is 0 Å². The number of carbonyl (C=O) groups excluding carboxylic acids is 2. The van der Waals surface area contributed by atoms with E-state index in [1.54, 1.807) is 43.5 Å². The lowest BCUT2D eigenvalue weighted by Crippen LogP contribution is -2.13. The van der Waals surface area contributed by atoms with Crippen LogP contribution in [0.25, 0.3) is 0 Å². The molecule has 1 aliphatic heterocycles. The largest absolute Gasteiger partial charge is 0.463 e. The molecule has 4 rings (SSSR count). The average molecular weight is 452 g/mol. The molecule has 1 amide bonds. The second-order valence-electron chi connectivity index (χ2n) is 7.84. The minimum Gasteiger partial charge on any atom is -0.463 e. The summed E-state index contributed by atoms with van der Waals surface area (Å²) in [4.78, 5) is 33.3. The average Bonchev–Trinajstić information content (AvgIpc) is 3.34. The van der Waals surface area contributed by atoms with Crippen molar-refractivity contribution in [3.8, 4) is 0 Å². The van der Waals surface area contributed by atoms with Crippen molar-refractivity contribution in [3.05, 3.63) is 75.8 Å². The molecule has 0 fully saturated rings. The van der Waals surface area contributed by atoms with Gasteiger partial charge in [-0.05, 0) is 62.7 Å². The Morgan fingerprint density at radius 2 is 2.03 bits per heavy atom. The van der Waals surface area contributed by atoms with Crippen LogP contribution in [0, 0.1) is 6.92 Å². The summed E-state index contributed by atoms with van der Waals surface area (Å²) < 4.78 is 10.6. The van der Waals surface area contributed by atoms with Gasteiger partial charge < -0.3 is 14.5 Å². The molecule has 0 unspecified atom stereocenters. The number of furan rings is 1. The van der Waals surface area contributed by atoms with Crippen molar-refractivity contribution in [1.29, 1.82) is 0 Å². The minimum absolute atomic E-state index is 0.155. The van der Waals surface area contributed by atoms with Crippen molar-refractivity contribution in [2.24, 2.45) is 4.99 Å². The summed E-state index contributed by atoms with van der Waals surface area (Å²) in [6.45, 7) is 5.41. The molecule has 1 N–H and O–H groups in total. The zero-order valence-corrected chi connectivity index (χ0v) is 18.7. The predicted molar refractivity (Wildman–Crippen MR) is 122 cm³/mol. The first-order valence-electron chi connectivity index (χ1n) is 10.2. The quantitative estimate of drug-likeness (QED) is 0.528. The first-order chi connectivity index (χ1) is 15.3. The van der Waals surface area contributed by atoms with E-state index in [0.29, 0.717) is 34.3 Å². The van der Waals surface area contributed by atoms with E-state index in [9.17, 15) is 9.59 Å². The fourth-order valence-corrected chi connectivity index (χ4v) is 3.65. The van der Waals surface area contributed by atoms with Gasteiger partial charge in [0.1, 0.15) is 5.76 Å². The molecule has 0 saturated heterocycles. The van der Waals surface area contributed by atoms with Crippen molar-refractivity contribution < 1.29 is 18.7 Å². The number of carbonyl (C=O) groups is 2. The number of hydrogen-bond acceptors (Lipinski definition) is 6. The summed E-state index contributed by atoms with van der Waals surface area (Å²) in [5.41, 5.74) is 3.70. The second-order valence-corrected chi connectivity index (χ2v) is 8.24. The third-order valence-electron chi connectivity index (χ3n) is 4.81. The lowest BCUT2D eigenvalue weighted by atomic mass is 10.0. The van der Waals surface area contributed by atoms with E-state index in [4.69, 9.17) is 20.8 Å². The number of aromatic nitrogens is 1. The van der Waals surface area contributed by atoms with Crippen molar-refractivity contribution in [2.75, 3.05) is 5.32 Å². The standard InChI is InChI=1S/C24H22ClN3O4/c1-13(2)31-22(29)9-15-8-16-10-20(28-23(16)26-12-15)18-11-17(5-6-19(18)25)27-24(30)21-7-4-14(3)32-21/h4-8,11-13H,9-10H2,1-3H3,(H,27,30). The van der Waals surface area contributed by atoms with Gasteiger partial charge in [0.2, 0.25) is 0 Å². The molecule has 164 valence electrons. The first kappa shape index (κ1) is 21.8. The molecule has 0 saturated carbocycles. The summed E-state index contributed by atoms with van der Waals surface area (Å²) in [6.07, 6.45) is 2.15. The number of nitrogens with one attached hydrogen (secondary N) is 1. The molecule has 3 heterocycles. The van der Waals surface area contributed by atoms with Crippen LogP contribution in [-0.4, -0.2) is 28.7 Å². The highest BCUT2D eigenvalue weighted by atomic mass is 35.5. The van der Waals surface area contributed by atoms with Crippen LogP contribution in [0.3, 0.4) is 0 Å². The zero-order valence-electron chi connectivity index (χ0n) is 17.9. The van der Waals surface area contributed by atoms with Crippen molar-refractivity contribution in [1.82, 2.24) is 4.98 Å². The molecule has 0 atom stereocenters. The van der Waals surface area contributed by atoms with E-state index < -0.39 is 0 Å². The molecular weight excluding hydrogens is 430 g/mol. The number of amides is 1. The number of nitrogens with zero attached hydrogens (tertiary/aromatic N) is 2. The number of halogens is 1. The second kappa shape index (κ2) is 8.96. The Morgan fingerprint density at radius 1 is 1.22 bits per heavy atom. The van der Waals surface area contributed by atoms with Crippen LogP contribution in [0.4, 0.5) is 11.5 Å². The lowest BCUT2D eigenvalue weighted by molar-refractivity contribution is -0.146. The van der Waals surface area contributed by atoms with Gasteiger partial charge in [-0.2, -0.15) is 0 Å². The van der Waals surface area contributed by atoms with Crippen molar-refractivity contribution >= 4 is 40.7 Å². The smallest absolute Gasteiger partial charge is 0.310 e. The van der Waals surface area contributed by atoms with E-state index in [-0.39, 0.29) is 30.2 Å².